The van der Waals surface area contributed by atoms with Gasteiger partial charge in [-0.3, -0.25) is 4.79 Å². The summed E-state index contributed by atoms with van der Waals surface area (Å²) in [4.78, 5) is 59.5. The average molecular weight is 856 g/mol. The Bertz CT molecular complexity index is 2270. The number of cyclic esters (lactones) is 2. The van der Waals surface area contributed by atoms with E-state index in [1.165, 1.54) is 0 Å². The number of esters is 2. The highest BCUT2D eigenvalue weighted by atomic mass is 16.6. The van der Waals surface area contributed by atoms with Gasteiger partial charge in [0, 0.05) is 61.4 Å². The van der Waals surface area contributed by atoms with Gasteiger partial charge in [0.15, 0.2) is 0 Å². The minimum Gasteiger partial charge on any atom is -0.386 e. The maximum Gasteiger partial charge on any atom is 0.349 e. The molecule has 2 aromatic heterocycles. The molecule has 4 aliphatic heterocycles. The van der Waals surface area contributed by atoms with E-state index in [-0.39, 0.29) is 29.7 Å². The smallest absolute Gasteiger partial charge is 0.349 e. The quantitative estimate of drug-likeness (QED) is 0.0668. The fraction of sp³-hybridized carbons (Fsp3) is 0.511. The lowest BCUT2D eigenvalue weighted by atomic mass is 9.85. The molecule has 1 amide bonds. The summed E-state index contributed by atoms with van der Waals surface area (Å²) in [5.74, 6) is -1.95. The molecule has 2 atom stereocenters. The standard InChI is InChI=1S/C47H61N5O10/c1-9-32-28(3)35-25-37-30(5)34(11-12-41(53)52(7)13-14-57-17-18-59-21-22-61-24-23-60-20-19-58-16-15-56-8)44(50-37)43-45-42(46(54)62-47(43)55)31(6)38(51-45)27-40-33(10-2)29(4)36(49-40)26-39(32)48-35/h9,25-27,30,34,50-51H,1,10-24H2,2-8H3/t30-,34-/m0/s1. The second kappa shape index (κ2) is 21.9. The number of nitrogens with one attached hydrogen (secondary N) is 2. The number of aromatic amines is 2. The van der Waals surface area contributed by atoms with Crippen molar-refractivity contribution in [2.75, 3.05) is 93.4 Å². The Kier molecular flexibility index (Phi) is 16.4. The Morgan fingerprint density at radius 3 is 1.98 bits per heavy atom. The van der Waals surface area contributed by atoms with Crippen LogP contribution in [0, 0.1) is 6.92 Å². The van der Waals surface area contributed by atoms with Crippen LogP contribution in [0.1, 0.15) is 119 Å². The summed E-state index contributed by atoms with van der Waals surface area (Å²) < 4.78 is 38.0. The molecule has 4 aliphatic rings. The first-order valence-corrected chi connectivity index (χ1v) is 21.5. The molecule has 2 N–H and O–H groups in total. The van der Waals surface area contributed by atoms with E-state index in [1.54, 1.807) is 19.1 Å². The monoisotopic (exact) mass is 855 g/mol. The number of amides is 1. The Hall–Kier alpha value is -5.03. The normalized spacial score (nSPS) is 16.6. The molecule has 0 fully saturated rings. The molecule has 6 heterocycles. The van der Waals surface area contributed by atoms with Crippen molar-refractivity contribution >= 4 is 51.2 Å². The van der Waals surface area contributed by atoms with Crippen molar-refractivity contribution in [3.05, 3.63) is 81.7 Å². The number of H-pyrrole nitrogens is 2. The summed E-state index contributed by atoms with van der Waals surface area (Å²) in [6.07, 6.45) is 3.21. The first-order chi connectivity index (χ1) is 30.0. The summed E-state index contributed by atoms with van der Waals surface area (Å²) in [5, 5.41) is 0. The molecule has 0 saturated carbocycles. The van der Waals surface area contributed by atoms with Crippen LogP contribution in [0.3, 0.4) is 0 Å². The fourth-order valence-corrected chi connectivity index (χ4v) is 8.15. The number of likely N-dealkylation sites (N-methyl/N-ethyl adjacent to an activating group) is 1. The first-order valence-electron chi connectivity index (χ1n) is 21.5. The molecular formula is C47H61N5O10. The third-order valence-electron chi connectivity index (χ3n) is 11.8. The molecule has 0 spiro atoms. The molecule has 15 nitrogen and oxygen atoms in total. The maximum atomic E-state index is 13.8. The average Bonchev–Trinajstić information content (AvgIpc) is 3.93. The van der Waals surface area contributed by atoms with E-state index in [0.717, 1.165) is 57.2 Å². The molecule has 15 heteroatoms. The highest BCUT2D eigenvalue weighted by molar-refractivity contribution is 6.18. The third-order valence-corrected chi connectivity index (χ3v) is 11.8. The van der Waals surface area contributed by atoms with Crippen molar-refractivity contribution in [2.24, 2.45) is 0 Å². The van der Waals surface area contributed by atoms with Crippen LogP contribution in [0.15, 0.2) is 30.9 Å². The number of carbonyl (C=O) groups excluding carboxylic acids is 3. The first kappa shape index (κ1) is 46.5. The number of rotatable bonds is 23. The number of allylic oxidation sites excluding steroid dienone is 5. The number of methoxy groups -OCH3 is 1. The summed E-state index contributed by atoms with van der Waals surface area (Å²) >= 11 is 0. The van der Waals surface area contributed by atoms with Gasteiger partial charge in [0.25, 0.3) is 0 Å². The van der Waals surface area contributed by atoms with Crippen molar-refractivity contribution in [1.82, 2.24) is 24.8 Å². The number of aryl methyl sites for hydroxylation is 1. The molecule has 0 radical (unpaired) electrons. The number of nitrogens with zero attached hydrogens (tertiary/aromatic N) is 3. The zero-order chi connectivity index (χ0) is 44.3. The Labute approximate surface area is 363 Å². The van der Waals surface area contributed by atoms with Gasteiger partial charge in [-0.2, -0.15) is 0 Å². The summed E-state index contributed by atoms with van der Waals surface area (Å²) in [7, 11) is 3.39. The van der Waals surface area contributed by atoms with E-state index < -0.39 is 11.9 Å². The number of hydrogen-bond acceptors (Lipinski definition) is 12. The number of hydrogen-bond donors (Lipinski definition) is 2. The molecule has 8 bridgehead atoms. The lowest BCUT2D eigenvalue weighted by Crippen LogP contribution is -2.30. The van der Waals surface area contributed by atoms with Crippen molar-refractivity contribution in [1.29, 1.82) is 0 Å². The number of ether oxygens (including phenoxy) is 7. The lowest BCUT2D eigenvalue weighted by Gasteiger charge is -2.22. The van der Waals surface area contributed by atoms with Crippen molar-refractivity contribution in [3.8, 4) is 0 Å². The highest BCUT2D eigenvalue weighted by Gasteiger charge is 2.38. The van der Waals surface area contributed by atoms with Gasteiger partial charge >= 0.3 is 11.9 Å². The summed E-state index contributed by atoms with van der Waals surface area (Å²) in [6, 6.07) is 5.95. The largest absolute Gasteiger partial charge is 0.386 e. The van der Waals surface area contributed by atoms with Gasteiger partial charge in [0.1, 0.15) is 5.56 Å². The van der Waals surface area contributed by atoms with Crippen LogP contribution in [0.2, 0.25) is 0 Å². The number of carbonyl (C=O) groups is 3. The van der Waals surface area contributed by atoms with E-state index in [4.69, 9.17) is 43.1 Å². The summed E-state index contributed by atoms with van der Waals surface area (Å²) in [5.41, 5.74) is 10.8. The maximum absolute atomic E-state index is 13.8. The van der Waals surface area contributed by atoms with E-state index in [9.17, 15) is 14.4 Å². The Morgan fingerprint density at radius 2 is 1.37 bits per heavy atom. The van der Waals surface area contributed by atoms with Gasteiger partial charge in [0.05, 0.1) is 107 Å². The van der Waals surface area contributed by atoms with Gasteiger partial charge in [-0.15, -0.1) is 0 Å². The van der Waals surface area contributed by atoms with Gasteiger partial charge < -0.3 is 48.0 Å². The zero-order valence-corrected chi connectivity index (χ0v) is 37.2. The van der Waals surface area contributed by atoms with Crippen molar-refractivity contribution in [3.63, 3.8) is 0 Å². The highest BCUT2D eigenvalue weighted by Crippen LogP contribution is 2.44. The predicted octanol–water partition coefficient (Wildman–Crippen LogP) is 6.97. The van der Waals surface area contributed by atoms with Crippen LogP contribution in [0.25, 0.3) is 33.3 Å². The van der Waals surface area contributed by atoms with E-state index >= 15 is 0 Å². The van der Waals surface area contributed by atoms with Gasteiger partial charge in [-0.05, 0) is 74.1 Å². The zero-order valence-electron chi connectivity index (χ0n) is 37.2. The van der Waals surface area contributed by atoms with Crippen LogP contribution in [-0.2, 0) is 38.0 Å². The second-order valence-electron chi connectivity index (χ2n) is 15.7. The Balaban J connectivity index is 1.13. The SMILES string of the molecule is C=CC1=C(C)c2cc3[nH]c(c4c5[nH]c(cc6nc(cc1n2)C(C)=C6CC)c(C)c5C(=O)OC4=O)[C@@H](CCC(=O)N(C)CCOCCOCCOCCOCCOCCOC)[C@@H]3C. The molecule has 62 heavy (non-hydrogen) atoms. The van der Waals surface area contributed by atoms with Crippen LogP contribution in [-0.4, -0.2) is 136 Å². The van der Waals surface area contributed by atoms with Crippen LogP contribution in [0.5, 0.6) is 0 Å². The van der Waals surface area contributed by atoms with Crippen LogP contribution >= 0.6 is 0 Å². The van der Waals surface area contributed by atoms with Gasteiger partial charge in [0.2, 0.25) is 5.91 Å². The Morgan fingerprint density at radius 1 is 0.790 bits per heavy atom. The van der Waals surface area contributed by atoms with E-state index in [2.05, 4.69) is 37.3 Å². The molecule has 0 unspecified atom stereocenters. The minimum atomic E-state index is -0.747. The molecule has 2 aromatic rings. The fourth-order valence-electron chi connectivity index (χ4n) is 8.15. The molecule has 334 valence electrons. The predicted molar refractivity (Wildman–Crippen MR) is 236 cm³/mol. The van der Waals surface area contributed by atoms with Gasteiger partial charge in [-0.1, -0.05) is 26.5 Å². The molecule has 0 aliphatic carbocycles. The van der Waals surface area contributed by atoms with Crippen molar-refractivity contribution in [2.45, 2.75) is 65.7 Å². The molecule has 6 rings (SSSR count). The molecular weight excluding hydrogens is 795 g/mol. The topological polar surface area (TPSA) is 176 Å². The number of aromatic nitrogens is 4. The van der Waals surface area contributed by atoms with Crippen LogP contribution < -0.4 is 0 Å². The third kappa shape index (κ3) is 10.6. The van der Waals surface area contributed by atoms with E-state index in [0.29, 0.717) is 113 Å². The lowest BCUT2D eigenvalue weighted by molar-refractivity contribution is -0.130. The number of fused-ring (bicyclic) bond motifs is 8. The molecule has 0 aromatic carbocycles. The summed E-state index contributed by atoms with van der Waals surface area (Å²) in [6.45, 7) is 19.7. The molecule has 0 saturated heterocycles. The van der Waals surface area contributed by atoms with Crippen molar-refractivity contribution < 1.29 is 47.5 Å². The minimum absolute atomic E-state index is 0.0561. The second-order valence-corrected chi connectivity index (χ2v) is 15.7. The van der Waals surface area contributed by atoms with E-state index in [1.807, 2.05) is 38.1 Å². The van der Waals surface area contributed by atoms with Gasteiger partial charge in [-0.25, -0.2) is 19.6 Å². The van der Waals surface area contributed by atoms with Crippen LogP contribution in [0.4, 0.5) is 0 Å².